The predicted molar refractivity (Wildman–Crippen MR) is 110 cm³/mol. The summed E-state index contributed by atoms with van der Waals surface area (Å²) in [4.78, 5) is 18.1. The van der Waals surface area contributed by atoms with Crippen LogP contribution in [0.15, 0.2) is 54.7 Å². The van der Waals surface area contributed by atoms with Crippen molar-refractivity contribution < 1.29 is 4.79 Å². The highest BCUT2D eigenvalue weighted by Gasteiger charge is 2.15. The maximum Gasteiger partial charge on any atom is 0.258 e. The highest BCUT2D eigenvalue weighted by Crippen LogP contribution is 2.28. The molecule has 0 bridgehead atoms. The molecule has 0 unspecified atom stereocenters. The topological polar surface area (TPSA) is 54.0 Å². The minimum absolute atomic E-state index is 0.140. The number of anilines is 2. The highest BCUT2D eigenvalue weighted by molar-refractivity contribution is 7.15. The Morgan fingerprint density at radius 1 is 1.15 bits per heavy atom. The number of hydrogen-bond donors (Lipinski definition) is 2. The van der Waals surface area contributed by atoms with Crippen molar-refractivity contribution in [2.24, 2.45) is 0 Å². The van der Waals surface area contributed by atoms with Gasteiger partial charge in [-0.05, 0) is 42.7 Å². The van der Waals surface area contributed by atoms with E-state index in [9.17, 15) is 4.79 Å². The van der Waals surface area contributed by atoms with E-state index in [0.29, 0.717) is 10.7 Å². The zero-order valence-corrected chi connectivity index (χ0v) is 15.9. The summed E-state index contributed by atoms with van der Waals surface area (Å²) in [5.41, 5.74) is 3.61. The number of thiazole rings is 1. The van der Waals surface area contributed by atoms with Gasteiger partial charge in [0.05, 0.1) is 0 Å². The van der Waals surface area contributed by atoms with Crippen LogP contribution in [0.4, 0.5) is 10.8 Å². The van der Waals surface area contributed by atoms with Crippen LogP contribution in [-0.4, -0.2) is 17.4 Å². The van der Waals surface area contributed by atoms with Gasteiger partial charge in [-0.25, -0.2) is 4.98 Å². The quantitative estimate of drug-likeness (QED) is 0.537. The lowest BCUT2D eigenvalue weighted by molar-refractivity contribution is 0.102. The molecule has 134 valence electrons. The van der Waals surface area contributed by atoms with Crippen molar-refractivity contribution in [3.8, 4) is 11.1 Å². The molecule has 0 aliphatic rings. The minimum atomic E-state index is -0.140. The van der Waals surface area contributed by atoms with E-state index in [1.54, 1.807) is 6.20 Å². The molecule has 26 heavy (non-hydrogen) atoms. The predicted octanol–water partition coefficient (Wildman–Crippen LogP) is 5.58. The van der Waals surface area contributed by atoms with Gasteiger partial charge in [-0.3, -0.25) is 10.1 Å². The van der Waals surface area contributed by atoms with E-state index < -0.39 is 0 Å². The summed E-state index contributed by atoms with van der Waals surface area (Å²) >= 11 is 1.47. The SMILES string of the molecule is CCCCNc1ccc(C(=O)Nc2ncc(C)s2)c(-c2ccccc2)c1. The number of amides is 1. The van der Waals surface area contributed by atoms with Crippen LogP contribution in [0.5, 0.6) is 0 Å². The largest absolute Gasteiger partial charge is 0.385 e. The van der Waals surface area contributed by atoms with Crippen molar-refractivity contribution in [1.29, 1.82) is 0 Å². The Morgan fingerprint density at radius 2 is 1.96 bits per heavy atom. The second-order valence-corrected chi connectivity index (χ2v) is 7.37. The minimum Gasteiger partial charge on any atom is -0.385 e. The molecule has 0 aliphatic carbocycles. The van der Waals surface area contributed by atoms with E-state index in [4.69, 9.17) is 0 Å². The fraction of sp³-hybridized carbons (Fsp3) is 0.238. The molecule has 5 heteroatoms. The molecule has 0 radical (unpaired) electrons. The van der Waals surface area contributed by atoms with Gasteiger partial charge in [0, 0.05) is 28.9 Å². The van der Waals surface area contributed by atoms with E-state index in [2.05, 4.69) is 22.5 Å². The van der Waals surface area contributed by atoms with Gasteiger partial charge < -0.3 is 5.32 Å². The first-order valence-corrected chi connectivity index (χ1v) is 9.66. The van der Waals surface area contributed by atoms with Crippen molar-refractivity contribution in [2.75, 3.05) is 17.2 Å². The molecule has 3 rings (SSSR count). The summed E-state index contributed by atoms with van der Waals surface area (Å²) in [5.74, 6) is -0.140. The summed E-state index contributed by atoms with van der Waals surface area (Å²) in [6.07, 6.45) is 4.03. The van der Waals surface area contributed by atoms with Crippen LogP contribution in [0.2, 0.25) is 0 Å². The number of rotatable bonds is 7. The molecule has 0 spiro atoms. The number of nitrogens with zero attached hydrogens (tertiary/aromatic N) is 1. The molecule has 1 aromatic heterocycles. The number of unbranched alkanes of at least 4 members (excludes halogenated alkanes) is 1. The van der Waals surface area contributed by atoms with Crippen LogP contribution < -0.4 is 10.6 Å². The van der Waals surface area contributed by atoms with E-state index in [0.717, 1.165) is 41.1 Å². The summed E-state index contributed by atoms with van der Waals surface area (Å²) < 4.78 is 0. The first kappa shape index (κ1) is 18.1. The number of nitrogens with one attached hydrogen (secondary N) is 2. The highest BCUT2D eigenvalue weighted by atomic mass is 32.1. The number of hydrogen-bond acceptors (Lipinski definition) is 4. The molecule has 0 aliphatic heterocycles. The van der Waals surface area contributed by atoms with E-state index >= 15 is 0 Å². The summed E-state index contributed by atoms with van der Waals surface area (Å²) in [5, 5.41) is 6.96. The van der Waals surface area contributed by atoms with E-state index in [1.807, 2.05) is 55.5 Å². The lowest BCUT2D eigenvalue weighted by Crippen LogP contribution is -2.13. The fourth-order valence-electron chi connectivity index (χ4n) is 2.70. The van der Waals surface area contributed by atoms with Gasteiger partial charge in [0.1, 0.15) is 0 Å². The number of carbonyl (C=O) groups excluding carboxylic acids is 1. The van der Waals surface area contributed by atoms with Gasteiger partial charge >= 0.3 is 0 Å². The fourth-order valence-corrected chi connectivity index (χ4v) is 3.35. The van der Waals surface area contributed by atoms with Crippen LogP contribution in [0.3, 0.4) is 0 Å². The number of aryl methyl sites for hydroxylation is 1. The average Bonchev–Trinajstić information content (AvgIpc) is 3.07. The molecule has 1 heterocycles. The average molecular weight is 366 g/mol. The lowest BCUT2D eigenvalue weighted by atomic mass is 9.98. The van der Waals surface area contributed by atoms with Crippen LogP contribution in [0.1, 0.15) is 35.0 Å². The Labute approximate surface area is 158 Å². The Kier molecular flexibility index (Phi) is 6.02. The van der Waals surface area contributed by atoms with Gasteiger partial charge in [-0.2, -0.15) is 0 Å². The molecule has 2 N–H and O–H groups in total. The monoisotopic (exact) mass is 365 g/mol. The number of aromatic nitrogens is 1. The van der Waals surface area contributed by atoms with Gasteiger partial charge in [-0.15, -0.1) is 11.3 Å². The van der Waals surface area contributed by atoms with Gasteiger partial charge in [0.15, 0.2) is 5.13 Å². The maximum atomic E-state index is 12.8. The van der Waals surface area contributed by atoms with E-state index in [1.165, 1.54) is 11.3 Å². The zero-order chi connectivity index (χ0) is 18.4. The smallest absolute Gasteiger partial charge is 0.258 e. The van der Waals surface area contributed by atoms with Gasteiger partial charge in [0.25, 0.3) is 5.91 Å². The maximum absolute atomic E-state index is 12.8. The second-order valence-electron chi connectivity index (χ2n) is 6.14. The van der Waals surface area contributed by atoms with E-state index in [-0.39, 0.29) is 5.91 Å². The van der Waals surface area contributed by atoms with Crippen molar-refractivity contribution in [1.82, 2.24) is 4.98 Å². The Balaban J connectivity index is 1.91. The van der Waals surface area contributed by atoms with Crippen molar-refractivity contribution >= 4 is 28.1 Å². The van der Waals surface area contributed by atoms with Crippen LogP contribution in [-0.2, 0) is 0 Å². The van der Waals surface area contributed by atoms with Crippen molar-refractivity contribution in [3.63, 3.8) is 0 Å². The molecule has 4 nitrogen and oxygen atoms in total. The zero-order valence-electron chi connectivity index (χ0n) is 15.1. The third-order valence-corrected chi connectivity index (χ3v) is 4.88. The molecule has 0 saturated heterocycles. The normalized spacial score (nSPS) is 10.5. The standard InChI is InChI=1S/C21H23N3OS/c1-3-4-12-22-17-10-11-18(19(13-17)16-8-6-5-7-9-16)20(25)24-21-23-14-15(2)26-21/h5-11,13-14,22H,3-4,12H2,1-2H3,(H,23,24,25). The molecule has 3 aromatic rings. The van der Waals surface area contributed by atoms with Crippen LogP contribution in [0, 0.1) is 6.92 Å². The van der Waals surface area contributed by atoms with Crippen LogP contribution >= 0.6 is 11.3 Å². The summed E-state index contributed by atoms with van der Waals surface area (Å²) in [6, 6.07) is 15.9. The Bertz CT molecular complexity index is 874. The van der Waals surface area contributed by atoms with Gasteiger partial charge in [0.2, 0.25) is 0 Å². The third kappa shape index (κ3) is 4.49. The van der Waals surface area contributed by atoms with Crippen molar-refractivity contribution in [2.45, 2.75) is 26.7 Å². The Hall–Kier alpha value is -2.66. The molecule has 0 atom stereocenters. The first-order valence-electron chi connectivity index (χ1n) is 8.84. The molecule has 1 amide bonds. The van der Waals surface area contributed by atoms with Crippen LogP contribution in [0.25, 0.3) is 11.1 Å². The molecule has 0 saturated carbocycles. The second kappa shape index (κ2) is 8.63. The summed E-state index contributed by atoms with van der Waals surface area (Å²) in [6.45, 7) is 5.07. The third-order valence-electron chi connectivity index (χ3n) is 4.05. The van der Waals surface area contributed by atoms with Gasteiger partial charge in [-0.1, -0.05) is 43.7 Å². The summed E-state index contributed by atoms with van der Waals surface area (Å²) in [7, 11) is 0. The van der Waals surface area contributed by atoms with Crippen molar-refractivity contribution in [3.05, 3.63) is 65.2 Å². The molecular weight excluding hydrogens is 342 g/mol. The number of benzene rings is 2. The Morgan fingerprint density at radius 3 is 2.65 bits per heavy atom. The first-order chi connectivity index (χ1) is 12.7. The molecule has 2 aromatic carbocycles. The molecular formula is C21H23N3OS. The lowest BCUT2D eigenvalue weighted by Gasteiger charge is -2.13. The number of carbonyl (C=O) groups is 1. The molecule has 0 fully saturated rings.